The first-order valence-corrected chi connectivity index (χ1v) is 12.5. The molecule has 0 aromatic heterocycles. The van der Waals surface area contributed by atoms with Crippen LogP contribution in [0.5, 0.6) is 5.75 Å². The maximum atomic E-state index is 13.7. The summed E-state index contributed by atoms with van der Waals surface area (Å²) in [5.74, 6) is -0.0425. The molecule has 0 bridgehead atoms. The van der Waals surface area contributed by atoms with Gasteiger partial charge in [0.25, 0.3) is 11.8 Å². The average molecular weight is 514 g/mol. The minimum Gasteiger partial charge on any atom is -0.497 e. The molecule has 0 unspecified atom stereocenters. The Morgan fingerprint density at radius 2 is 1.15 bits per heavy atom. The number of rotatable bonds is 8. The van der Waals surface area contributed by atoms with Crippen LogP contribution in [0.4, 0.5) is 28.4 Å². The number of para-hydroxylation sites is 4. The minimum absolute atomic E-state index is 0.330. The molecule has 2 amide bonds. The lowest BCUT2D eigenvalue weighted by molar-refractivity contribution is 0.102. The van der Waals surface area contributed by atoms with E-state index in [4.69, 9.17) is 4.74 Å². The molecule has 5 aromatic rings. The second-order valence-corrected chi connectivity index (χ2v) is 8.71. The summed E-state index contributed by atoms with van der Waals surface area (Å²) in [5.41, 5.74) is 4.35. The summed E-state index contributed by atoms with van der Waals surface area (Å²) in [6, 6.07) is 41.2. The van der Waals surface area contributed by atoms with E-state index in [0.29, 0.717) is 33.9 Å². The van der Waals surface area contributed by atoms with Gasteiger partial charge in [-0.1, -0.05) is 66.7 Å². The Bertz CT molecular complexity index is 1550. The average Bonchev–Trinajstić information content (AvgIpc) is 2.99. The van der Waals surface area contributed by atoms with Gasteiger partial charge < -0.3 is 20.3 Å². The molecule has 0 aliphatic heterocycles. The predicted molar refractivity (Wildman–Crippen MR) is 156 cm³/mol. The van der Waals surface area contributed by atoms with Gasteiger partial charge in [0.05, 0.1) is 29.6 Å². The van der Waals surface area contributed by atoms with Crippen LogP contribution in [0.1, 0.15) is 20.7 Å². The minimum atomic E-state index is -0.345. The van der Waals surface area contributed by atoms with Crippen LogP contribution in [0.25, 0.3) is 0 Å². The third-order valence-corrected chi connectivity index (χ3v) is 6.17. The molecule has 0 aliphatic carbocycles. The van der Waals surface area contributed by atoms with Gasteiger partial charge in [-0.15, -0.1) is 0 Å². The van der Waals surface area contributed by atoms with Crippen LogP contribution in [0.3, 0.4) is 0 Å². The number of hydrogen-bond donors (Lipinski definition) is 2. The quantitative estimate of drug-likeness (QED) is 0.223. The van der Waals surface area contributed by atoms with E-state index >= 15 is 0 Å². The number of carbonyl (C=O) groups is 2. The molecule has 0 aliphatic rings. The molecule has 6 heteroatoms. The van der Waals surface area contributed by atoms with Gasteiger partial charge in [-0.25, -0.2) is 0 Å². The maximum absolute atomic E-state index is 13.7. The van der Waals surface area contributed by atoms with E-state index in [1.807, 2.05) is 83.8 Å². The molecule has 2 N–H and O–H groups in total. The Morgan fingerprint density at radius 3 is 1.82 bits per heavy atom. The van der Waals surface area contributed by atoms with Crippen LogP contribution >= 0.6 is 0 Å². The lowest BCUT2D eigenvalue weighted by Gasteiger charge is -2.27. The molecule has 0 saturated heterocycles. The molecule has 0 fully saturated rings. The molecule has 0 atom stereocenters. The van der Waals surface area contributed by atoms with E-state index in [-0.39, 0.29) is 11.8 Å². The van der Waals surface area contributed by atoms with E-state index in [0.717, 1.165) is 11.4 Å². The fourth-order valence-electron chi connectivity index (χ4n) is 4.32. The fourth-order valence-corrected chi connectivity index (χ4v) is 4.32. The first-order chi connectivity index (χ1) is 19.1. The number of benzene rings is 5. The fraction of sp³-hybridized carbons (Fsp3) is 0.0303. The van der Waals surface area contributed by atoms with Crippen LogP contribution in [0.2, 0.25) is 0 Å². The topological polar surface area (TPSA) is 70.7 Å². The lowest BCUT2D eigenvalue weighted by Crippen LogP contribution is -2.21. The van der Waals surface area contributed by atoms with E-state index in [9.17, 15) is 9.59 Å². The van der Waals surface area contributed by atoms with E-state index in [1.54, 1.807) is 61.7 Å². The van der Waals surface area contributed by atoms with Crippen LogP contribution < -0.4 is 20.3 Å². The second-order valence-electron chi connectivity index (χ2n) is 8.71. The van der Waals surface area contributed by atoms with Crippen LogP contribution in [0, 0.1) is 0 Å². The van der Waals surface area contributed by atoms with Crippen molar-refractivity contribution in [2.75, 3.05) is 22.6 Å². The molecule has 0 radical (unpaired) electrons. The molecule has 6 nitrogen and oxygen atoms in total. The Morgan fingerprint density at radius 1 is 0.590 bits per heavy atom. The molecular weight excluding hydrogens is 486 g/mol. The van der Waals surface area contributed by atoms with Gasteiger partial charge in [0.2, 0.25) is 0 Å². The Kier molecular flexibility index (Phi) is 7.65. The lowest BCUT2D eigenvalue weighted by atomic mass is 10.1. The zero-order valence-corrected chi connectivity index (χ0v) is 21.4. The van der Waals surface area contributed by atoms with E-state index in [1.165, 1.54) is 0 Å². The highest BCUT2D eigenvalue weighted by atomic mass is 16.5. The summed E-state index contributed by atoms with van der Waals surface area (Å²) < 4.78 is 5.25. The Hall–Kier alpha value is -5.36. The van der Waals surface area contributed by atoms with Crippen LogP contribution in [0.15, 0.2) is 133 Å². The summed E-state index contributed by atoms with van der Waals surface area (Å²) in [5, 5.41) is 5.84. The first kappa shape index (κ1) is 25.3. The third kappa shape index (κ3) is 5.81. The van der Waals surface area contributed by atoms with E-state index in [2.05, 4.69) is 10.6 Å². The highest BCUT2D eigenvalue weighted by Crippen LogP contribution is 2.36. The van der Waals surface area contributed by atoms with Crippen LogP contribution in [-0.4, -0.2) is 18.9 Å². The maximum Gasteiger partial charge on any atom is 0.257 e. The molecule has 0 spiro atoms. The predicted octanol–water partition coefficient (Wildman–Crippen LogP) is 7.67. The smallest absolute Gasteiger partial charge is 0.257 e. The number of carbonyl (C=O) groups excluding carboxylic acids is 2. The molecule has 39 heavy (non-hydrogen) atoms. The number of nitrogens with one attached hydrogen (secondary N) is 2. The Balaban J connectivity index is 1.46. The van der Waals surface area contributed by atoms with Gasteiger partial charge in [0.15, 0.2) is 0 Å². The van der Waals surface area contributed by atoms with Gasteiger partial charge in [0, 0.05) is 23.1 Å². The highest BCUT2D eigenvalue weighted by Gasteiger charge is 2.21. The normalized spacial score (nSPS) is 10.4. The number of methoxy groups -OCH3 is 1. The van der Waals surface area contributed by atoms with Crippen LogP contribution in [-0.2, 0) is 0 Å². The van der Waals surface area contributed by atoms with Gasteiger partial charge in [0.1, 0.15) is 5.75 Å². The van der Waals surface area contributed by atoms with Crippen molar-refractivity contribution < 1.29 is 14.3 Å². The third-order valence-electron chi connectivity index (χ3n) is 6.17. The summed E-state index contributed by atoms with van der Waals surface area (Å²) >= 11 is 0. The van der Waals surface area contributed by atoms with Crippen molar-refractivity contribution in [3.63, 3.8) is 0 Å². The van der Waals surface area contributed by atoms with Crippen molar-refractivity contribution in [3.05, 3.63) is 145 Å². The highest BCUT2D eigenvalue weighted by molar-refractivity contribution is 6.14. The van der Waals surface area contributed by atoms with E-state index < -0.39 is 0 Å². The zero-order valence-electron chi connectivity index (χ0n) is 21.4. The SMILES string of the molecule is COc1cccc(NC(=O)c2ccccc2NC(=O)c2ccccc2N(c2ccccc2)c2ccccc2)c1. The summed E-state index contributed by atoms with van der Waals surface area (Å²) in [4.78, 5) is 29.0. The molecule has 5 rings (SSSR count). The summed E-state index contributed by atoms with van der Waals surface area (Å²) in [7, 11) is 1.57. The molecule has 192 valence electrons. The summed E-state index contributed by atoms with van der Waals surface area (Å²) in [6.45, 7) is 0. The molecule has 0 saturated carbocycles. The number of anilines is 5. The standard InChI is InChI=1S/C33H27N3O3/c1-39-27-18-12-13-24(23-27)34-32(37)28-19-8-10-21-30(28)35-33(38)29-20-9-11-22-31(29)36(25-14-4-2-5-15-25)26-16-6-3-7-17-26/h2-23H,1H3,(H,34,37)(H,35,38). The van der Waals surface area contributed by atoms with Gasteiger partial charge in [-0.05, 0) is 60.7 Å². The number of nitrogens with zero attached hydrogens (tertiary/aromatic N) is 1. The van der Waals surface area contributed by atoms with Gasteiger partial charge >= 0.3 is 0 Å². The second kappa shape index (κ2) is 11.8. The molecular formula is C33H27N3O3. The zero-order chi connectivity index (χ0) is 27.0. The summed E-state index contributed by atoms with van der Waals surface area (Å²) in [6.07, 6.45) is 0. The largest absolute Gasteiger partial charge is 0.497 e. The van der Waals surface area contributed by atoms with Crippen molar-refractivity contribution in [3.8, 4) is 5.75 Å². The number of ether oxygens (including phenoxy) is 1. The van der Waals surface area contributed by atoms with Crippen molar-refractivity contribution in [2.45, 2.75) is 0 Å². The Labute approximate surface area is 227 Å². The molecule has 0 heterocycles. The van der Waals surface area contributed by atoms with Crippen molar-refractivity contribution in [1.82, 2.24) is 0 Å². The van der Waals surface area contributed by atoms with Gasteiger partial charge in [-0.3, -0.25) is 9.59 Å². The van der Waals surface area contributed by atoms with Crippen molar-refractivity contribution in [1.29, 1.82) is 0 Å². The number of amides is 2. The van der Waals surface area contributed by atoms with Crippen molar-refractivity contribution >= 4 is 40.3 Å². The van der Waals surface area contributed by atoms with Gasteiger partial charge in [-0.2, -0.15) is 0 Å². The first-order valence-electron chi connectivity index (χ1n) is 12.5. The van der Waals surface area contributed by atoms with Crippen molar-refractivity contribution in [2.24, 2.45) is 0 Å². The number of hydrogen-bond acceptors (Lipinski definition) is 4. The monoisotopic (exact) mass is 513 g/mol. The molecule has 5 aromatic carbocycles.